The summed E-state index contributed by atoms with van der Waals surface area (Å²) in [5.74, 6) is 1.41. The average molecular weight is 276 g/mol. The van der Waals surface area contributed by atoms with Crippen molar-refractivity contribution in [1.29, 1.82) is 0 Å². The Balaban J connectivity index is 2.13. The molecule has 1 N–H and O–H groups in total. The SMILES string of the molecule is Cc1nc2sc3c(c2c(=O)[nH]1)CCC(C(C)(C)C)C3. The summed E-state index contributed by atoms with van der Waals surface area (Å²) in [5.41, 5.74) is 1.63. The van der Waals surface area contributed by atoms with E-state index in [-0.39, 0.29) is 5.56 Å². The number of thiophene rings is 1. The number of aromatic nitrogens is 2. The van der Waals surface area contributed by atoms with E-state index in [0.29, 0.717) is 17.2 Å². The molecule has 0 bridgehead atoms. The number of hydrogen-bond acceptors (Lipinski definition) is 3. The molecule has 1 aliphatic rings. The first kappa shape index (κ1) is 12.9. The van der Waals surface area contributed by atoms with E-state index in [2.05, 4.69) is 30.7 Å². The van der Waals surface area contributed by atoms with Crippen LogP contribution < -0.4 is 5.56 Å². The molecule has 0 spiro atoms. The molecule has 0 fully saturated rings. The smallest absolute Gasteiger partial charge is 0.259 e. The van der Waals surface area contributed by atoms with Crippen molar-refractivity contribution in [2.75, 3.05) is 0 Å². The van der Waals surface area contributed by atoms with Gasteiger partial charge in [-0.15, -0.1) is 11.3 Å². The average Bonchev–Trinajstić information content (AvgIpc) is 2.64. The monoisotopic (exact) mass is 276 g/mol. The molecule has 4 heteroatoms. The largest absolute Gasteiger partial charge is 0.310 e. The van der Waals surface area contributed by atoms with E-state index in [1.807, 2.05) is 6.92 Å². The van der Waals surface area contributed by atoms with Crippen molar-refractivity contribution in [3.63, 3.8) is 0 Å². The number of fused-ring (bicyclic) bond motifs is 3. The second-order valence-corrected chi connectivity index (χ2v) is 7.72. The van der Waals surface area contributed by atoms with Crippen molar-refractivity contribution in [2.24, 2.45) is 11.3 Å². The summed E-state index contributed by atoms with van der Waals surface area (Å²) in [5, 5.41) is 0.845. The highest BCUT2D eigenvalue weighted by Crippen LogP contribution is 2.41. The van der Waals surface area contributed by atoms with Crippen molar-refractivity contribution >= 4 is 21.6 Å². The van der Waals surface area contributed by atoms with Crippen molar-refractivity contribution in [3.05, 3.63) is 26.6 Å². The van der Waals surface area contributed by atoms with Gasteiger partial charge in [-0.1, -0.05) is 20.8 Å². The Labute approximate surface area is 117 Å². The molecule has 102 valence electrons. The molecule has 2 heterocycles. The Morgan fingerprint density at radius 1 is 1.37 bits per heavy atom. The van der Waals surface area contributed by atoms with Gasteiger partial charge in [0.2, 0.25) is 0 Å². The van der Waals surface area contributed by atoms with Crippen LogP contribution in [-0.4, -0.2) is 9.97 Å². The fourth-order valence-electron chi connectivity index (χ4n) is 3.03. The summed E-state index contributed by atoms with van der Waals surface area (Å²) >= 11 is 1.72. The van der Waals surface area contributed by atoms with Gasteiger partial charge in [-0.2, -0.15) is 0 Å². The van der Waals surface area contributed by atoms with Crippen molar-refractivity contribution in [3.8, 4) is 0 Å². The van der Waals surface area contributed by atoms with Crippen LogP contribution in [0.4, 0.5) is 0 Å². The van der Waals surface area contributed by atoms with Crippen LogP contribution in [-0.2, 0) is 12.8 Å². The molecular formula is C15H20N2OS. The summed E-state index contributed by atoms with van der Waals surface area (Å²) in [6.45, 7) is 8.78. The number of aryl methyl sites for hydroxylation is 2. The Kier molecular flexibility index (Phi) is 2.82. The van der Waals surface area contributed by atoms with E-state index in [0.717, 1.165) is 23.1 Å². The Bertz CT molecular complexity index is 690. The third-order valence-electron chi connectivity index (χ3n) is 4.26. The summed E-state index contributed by atoms with van der Waals surface area (Å²) in [4.78, 5) is 21.7. The van der Waals surface area contributed by atoms with Gasteiger partial charge in [0.25, 0.3) is 5.56 Å². The van der Waals surface area contributed by atoms with Crippen molar-refractivity contribution < 1.29 is 0 Å². The Morgan fingerprint density at radius 3 is 2.79 bits per heavy atom. The molecule has 0 aromatic carbocycles. The number of nitrogens with one attached hydrogen (secondary N) is 1. The van der Waals surface area contributed by atoms with E-state index in [4.69, 9.17) is 0 Å². The van der Waals surface area contributed by atoms with E-state index in [1.165, 1.54) is 16.9 Å². The second kappa shape index (κ2) is 4.17. The van der Waals surface area contributed by atoms with Crippen LogP contribution in [0.2, 0.25) is 0 Å². The van der Waals surface area contributed by atoms with Crippen molar-refractivity contribution in [1.82, 2.24) is 9.97 Å². The minimum atomic E-state index is 0.0363. The van der Waals surface area contributed by atoms with Gasteiger partial charge in [0.1, 0.15) is 10.7 Å². The molecule has 3 rings (SSSR count). The molecule has 0 saturated carbocycles. The van der Waals surface area contributed by atoms with E-state index >= 15 is 0 Å². The van der Waals surface area contributed by atoms with Crippen LogP contribution >= 0.6 is 11.3 Å². The number of aromatic amines is 1. The van der Waals surface area contributed by atoms with Gasteiger partial charge in [-0.05, 0) is 43.1 Å². The fourth-order valence-corrected chi connectivity index (χ4v) is 4.38. The first-order valence-electron chi connectivity index (χ1n) is 6.87. The third kappa shape index (κ3) is 2.12. The summed E-state index contributed by atoms with van der Waals surface area (Å²) in [6, 6.07) is 0. The first-order chi connectivity index (χ1) is 8.86. The predicted octanol–water partition coefficient (Wildman–Crippen LogP) is 3.44. The van der Waals surface area contributed by atoms with Gasteiger partial charge < -0.3 is 4.98 Å². The van der Waals surface area contributed by atoms with E-state index < -0.39 is 0 Å². The lowest BCUT2D eigenvalue weighted by Gasteiger charge is -2.33. The van der Waals surface area contributed by atoms with Crippen LogP contribution in [0, 0.1) is 18.3 Å². The zero-order valence-corrected chi connectivity index (χ0v) is 12.8. The molecule has 2 aromatic heterocycles. The maximum Gasteiger partial charge on any atom is 0.259 e. The lowest BCUT2D eigenvalue weighted by Crippen LogP contribution is -2.26. The molecule has 1 atom stereocenters. The topological polar surface area (TPSA) is 45.8 Å². The summed E-state index contributed by atoms with van der Waals surface area (Å²) in [7, 11) is 0. The number of H-pyrrole nitrogens is 1. The maximum atomic E-state index is 12.1. The lowest BCUT2D eigenvalue weighted by molar-refractivity contribution is 0.218. The first-order valence-corrected chi connectivity index (χ1v) is 7.69. The van der Waals surface area contributed by atoms with Crippen LogP contribution in [0.5, 0.6) is 0 Å². The zero-order valence-electron chi connectivity index (χ0n) is 12.0. The molecule has 3 nitrogen and oxygen atoms in total. The van der Waals surface area contributed by atoms with Crippen LogP contribution in [0.3, 0.4) is 0 Å². The van der Waals surface area contributed by atoms with E-state index in [9.17, 15) is 4.79 Å². The Morgan fingerprint density at radius 2 is 2.11 bits per heavy atom. The summed E-state index contributed by atoms with van der Waals surface area (Å²) in [6.07, 6.45) is 3.29. The Hall–Kier alpha value is -1.16. The number of nitrogens with zero attached hydrogens (tertiary/aromatic N) is 1. The highest BCUT2D eigenvalue weighted by atomic mass is 32.1. The number of hydrogen-bond donors (Lipinski definition) is 1. The fraction of sp³-hybridized carbons (Fsp3) is 0.600. The van der Waals surface area contributed by atoms with Gasteiger partial charge in [0.05, 0.1) is 5.39 Å². The quantitative estimate of drug-likeness (QED) is 0.801. The van der Waals surface area contributed by atoms with Gasteiger partial charge in [-0.3, -0.25) is 4.79 Å². The van der Waals surface area contributed by atoms with Gasteiger partial charge in [0.15, 0.2) is 0 Å². The molecule has 1 aliphatic carbocycles. The minimum absolute atomic E-state index is 0.0363. The molecule has 0 radical (unpaired) electrons. The van der Waals surface area contributed by atoms with Gasteiger partial charge in [0, 0.05) is 4.88 Å². The standard InChI is InChI=1S/C15H20N2OS/c1-8-16-13(18)12-10-6-5-9(15(2,3)4)7-11(10)19-14(12)17-8/h9H,5-7H2,1-4H3,(H,16,17,18). The molecule has 1 unspecified atom stereocenters. The molecule has 2 aromatic rings. The second-order valence-electron chi connectivity index (χ2n) is 6.64. The highest BCUT2D eigenvalue weighted by molar-refractivity contribution is 7.18. The van der Waals surface area contributed by atoms with Crippen LogP contribution in [0.25, 0.3) is 10.2 Å². The van der Waals surface area contributed by atoms with Crippen molar-refractivity contribution in [2.45, 2.75) is 47.0 Å². The lowest BCUT2D eigenvalue weighted by atomic mass is 9.72. The predicted molar refractivity (Wildman–Crippen MR) is 79.9 cm³/mol. The van der Waals surface area contributed by atoms with E-state index in [1.54, 1.807) is 11.3 Å². The highest BCUT2D eigenvalue weighted by Gasteiger charge is 2.31. The van der Waals surface area contributed by atoms with Gasteiger partial charge >= 0.3 is 0 Å². The third-order valence-corrected chi connectivity index (χ3v) is 5.41. The van der Waals surface area contributed by atoms with Crippen LogP contribution in [0.1, 0.15) is 43.5 Å². The molecule has 0 amide bonds. The normalized spacial score (nSPS) is 19.7. The maximum absolute atomic E-state index is 12.1. The molecule has 0 aliphatic heterocycles. The number of rotatable bonds is 0. The molecule has 19 heavy (non-hydrogen) atoms. The molecular weight excluding hydrogens is 256 g/mol. The zero-order chi connectivity index (χ0) is 13.8. The van der Waals surface area contributed by atoms with Gasteiger partial charge in [-0.25, -0.2) is 4.98 Å². The minimum Gasteiger partial charge on any atom is -0.310 e. The van der Waals surface area contributed by atoms with Crippen LogP contribution in [0.15, 0.2) is 4.79 Å². The summed E-state index contributed by atoms with van der Waals surface area (Å²) < 4.78 is 0. The molecule has 0 saturated heterocycles.